The highest BCUT2D eigenvalue weighted by atomic mass is 16.5. The van der Waals surface area contributed by atoms with Crippen LogP contribution in [-0.2, 0) is 9.47 Å². The average Bonchev–Trinajstić information content (AvgIpc) is 2.14. The standard InChI is InChI=1S/C6H12O.C6H14O/c1-2-3-6-4-5-7-6;1-3-5-6-7-4-2/h6H,2-5H2,1H3;3-6H2,1-2H3. The summed E-state index contributed by atoms with van der Waals surface area (Å²) >= 11 is 0. The Bertz CT molecular complexity index is 96.5. The minimum atomic E-state index is 0.630. The van der Waals surface area contributed by atoms with Crippen LogP contribution >= 0.6 is 0 Å². The van der Waals surface area contributed by atoms with Crippen molar-refractivity contribution in [2.75, 3.05) is 19.8 Å². The zero-order chi connectivity index (χ0) is 10.6. The summed E-state index contributed by atoms with van der Waals surface area (Å²) in [5, 5.41) is 0. The maximum Gasteiger partial charge on any atom is 0.0597 e. The first-order valence-corrected chi connectivity index (χ1v) is 6.04. The van der Waals surface area contributed by atoms with Crippen molar-refractivity contribution in [3.8, 4) is 0 Å². The average molecular weight is 202 g/mol. The molecule has 1 saturated heterocycles. The van der Waals surface area contributed by atoms with Crippen molar-refractivity contribution >= 4 is 0 Å². The van der Waals surface area contributed by atoms with Gasteiger partial charge in [0.25, 0.3) is 0 Å². The van der Waals surface area contributed by atoms with E-state index in [1.807, 2.05) is 6.92 Å². The molecule has 0 aliphatic carbocycles. The fraction of sp³-hybridized carbons (Fsp3) is 1.00. The van der Waals surface area contributed by atoms with Crippen LogP contribution < -0.4 is 0 Å². The lowest BCUT2D eigenvalue weighted by Crippen LogP contribution is -2.25. The highest BCUT2D eigenvalue weighted by molar-refractivity contribution is 4.64. The molecule has 0 spiro atoms. The van der Waals surface area contributed by atoms with Gasteiger partial charge >= 0.3 is 0 Å². The van der Waals surface area contributed by atoms with Crippen LogP contribution in [0.5, 0.6) is 0 Å². The summed E-state index contributed by atoms with van der Waals surface area (Å²) in [7, 11) is 0. The highest BCUT2D eigenvalue weighted by Gasteiger charge is 2.15. The molecular formula is C12H26O2. The number of rotatable bonds is 6. The topological polar surface area (TPSA) is 18.5 Å². The molecule has 0 saturated carbocycles. The molecule has 14 heavy (non-hydrogen) atoms. The van der Waals surface area contributed by atoms with Crippen LogP contribution in [0.1, 0.15) is 52.9 Å². The van der Waals surface area contributed by atoms with Crippen LogP contribution in [0.15, 0.2) is 0 Å². The minimum Gasteiger partial charge on any atom is -0.382 e. The molecule has 1 unspecified atom stereocenters. The van der Waals surface area contributed by atoms with Crippen molar-refractivity contribution in [1.82, 2.24) is 0 Å². The largest absolute Gasteiger partial charge is 0.382 e. The van der Waals surface area contributed by atoms with E-state index in [1.54, 1.807) is 0 Å². The second kappa shape index (κ2) is 11.0. The molecule has 1 rings (SSSR count). The fourth-order valence-electron chi connectivity index (χ4n) is 1.22. The van der Waals surface area contributed by atoms with E-state index in [9.17, 15) is 0 Å². The Balaban J connectivity index is 0.000000241. The SMILES string of the molecule is CCCC1CCO1.CCCCOCC. The van der Waals surface area contributed by atoms with Crippen LogP contribution in [-0.4, -0.2) is 25.9 Å². The van der Waals surface area contributed by atoms with Gasteiger partial charge in [-0.3, -0.25) is 0 Å². The third kappa shape index (κ3) is 8.52. The molecule has 86 valence electrons. The van der Waals surface area contributed by atoms with E-state index >= 15 is 0 Å². The van der Waals surface area contributed by atoms with Gasteiger partial charge in [0.15, 0.2) is 0 Å². The maximum absolute atomic E-state index is 5.17. The summed E-state index contributed by atoms with van der Waals surface area (Å²) < 4.78 is 10.2. The van der Waals surface area contributed by atoms with Crippen LogP contribution in [0.4, 0.5) is 0 Å². The number of unbranched alkanes of at least 4 members (excludes halogenated alkanes) is 1. The predicted molar refractivity (Wildman–Crippen MR) is 60.7 cm³/mol. The molecule has 1 heterocycles. The van der Waals surface area contributed by atoms with Crippen LogP contribution in [0.3, 0.4) is 0 Å². The van der Waals surface area contributed by atoms with E-state index in [1.165, 1.54) is 32.1 Å². The van der Waals surface area contributed by atoms with Crippen LogP contribution in [0, 0.1) is 0 Å². The number of ether oxygens (including phenoxy) is 2. The van der Waals surface area contributed by atoms with Gasteiger partial charge in [-0.15, -0.1) is 0 Å². The van der Waals surface area contributed by atoms with Gasteiger partial charge in [-0.25, -0.2) is 0 Å². The molecule has 1 atom stereocenters. The molecule has 1 fully saturated rings. The van der Waals surface area contributed by atoms with Gasteiger partial charge in [0.05, 0.1) is 6.10 Å². The molecule has 0 aromatic rings. The third-order valence-corrected chi connectivity index (χ3v) is 2.25. The Morgan fingerprint density at radius 3 is 2.21 bits per heavy atom. The van der Waals surface area contributed by atoms with Crippen molar-refractivity contribution in [1.29, 1.82) is 0 Å². The monoisotopic (exact) mass is 202 g/mol. The van der Waals surface area contributed by atoms with Crippen molar-refractivity contribution < 1.29 is 9.47 Å². The first kappa shape index (κ1) is 13.9. The molecule has 2 heteroatoms. The van der Waals surface area contributed by atoms with Gasteiger partial charge in [-0.05, 0) is 26.2 Å². The van der Waals surface area contributed by atoms with E-state index in [-0.39, 0.29) is 0 Å². The molecule has 0 aromatic heterocycles. The van der Waals surface area contributed by atoms with E-state index in [0.717, 1.165) is 19.8 Å². The lowest BCUT2D eigenvalue weighted by Gasteiger charge is -2.25. The first-order valence-electron chi connectivity index (χ1n) is 6.04. The van der Waals surface area contributed by atoms with Crippen molar-refractivity contribution in [3.05, 3.63) is 0 Å². The number of hydrogen-bond donors (Lipinski definition) is 0. The Kier molecular flexibility index (Phi) is 10.9. The van der Waals surface area contributed by atoms with Gasteiger partial charge in [-0.2, -0.15) is 0 Å². The van der Waals surface area contributed by atoms with E-state index in [0.29, 0.717) is 6.10 Å². The van der Waals surface area contributed by atoms with Crippen LogP contribution in [0.2, 0.25) is 0 Å². The van der Waals surface area contributed by atoms with Gasteiger partial charge in [0, 0.05) is 19.8 Å². The smallest absolute Gasteiger partial charge is 0.0597 e. The summed E-state index contributed by atoms with van der Waals surface area (Å²) in [4.78, 5) is 0. The van der Waals surface area contributed by atoms with Crippen molar-refractivity contribution in [2.24, 2.45) is 0 Å². The number of hydrogen-bond acceptors (Lipinski definition) is 2. The molecule has 0 amide bonds. The predicted octanol–water partition coefficient (Wildman–Crippen LogP) is 3.40. The Morgan fingerprint density at radius 1 is 1.21 bits per heavy atom. The maximum atomic E-state index is 5.17. The minimum absolute atomic E-state index is 0.630. The van der Waals surface area contributed by atoms with Gasteiger partial charge in [0.2, 0.25) is 0 Å². The molecule has 0 N–H and O–H groups in total. The first-order chi connectivity index (χ1) is 6.85. The molecule has 1 aliphatic heterocycles. The lowest BCUT2D eigenvalue weighted by atomic mass is 10.1. The zero-order valence-corrected chi connectivity index (χ0v) is 10.1. The van der Waals surface area contributed by atoms with Gasteiger partial charge < -0.3 is 9.47 Å². The summed E-state index contributed by atoms with van der Waals surface area (Å²) in [5.74, 6) is 0. The molecule has 0 bridgehead atoms. The van der Waals surface area contributed by atoms with Crippen LogP contribution in [0.25, 0.3) is 0 Å². The summed E-state index contributed by atoms with van der Waals surface area (Å²) in [6, 6.07) is 0. The van der Waals surface area contributed by atoms with Crippen molar-refractivity contribution in [3.63, 3.8) is 0 Å². The van der Waals surface area contributed by atoms with E-state index in [4.69, 9.17) is 9.47 Å². The summed E-state index contributed by atoms with van der Waals surface area (Å²) in [5.41, 5.74) is 0. The lowest BCUT2D eigenvalue weighted by molar-refractivity contribution is -0.0546. The second-order valence-electron chi connectivity index (χ2n) is 3.62. The molecular weight excluding hydrogens is 176 g/mol. The Labute approximate surface area is 89.0 Å². The quantitative estimate of drug-likeness (QED) is 0.615. The molecule has 2 nitrogen and oxygen atoms in total. The zero-order valence-electron chi connectivity index (χ0n) is 10.1. The summed E-state index contributed by atoms with van der Waals surface area (Å²) in [6.45, 7) is 9.19. The second-order valence-corrected chi connectivity index (χ2v) is 3.62. The molecule has 0 aromatic carbocycles. The highest BCUT2D eigenvalue weighted by Crippen LogP contribution is 2.15. The summed E-state index contributed by atoms with van der Waals surface area (Å²) in [6.07, 6.45) is 6.90. The van der Waals surface area contributed by atoms with E-state index in [2.05, 4.69) is 13.8 Å². The van der Waals surface area contributed by atoms with E-state index < -0.39 is 0 Å². The third-order valence-electron chi connectivity index (χ3n) is 2.25. The Morgan fingerprint density at radius 2 is 1.93 bits per heavy atom. The Hall–Kier alpha value is -0.0800. The normalized spacial score (nSPS) is 19.5. The van der Waals surface area contributed by atoms with Crippen molar-refractivity contribution in [2.45, 2.75) is 59.0 Å². The molecule has 0 radical (unpaired) electrons. The fourth-order valence-corrected chi connectivity index (χ4v) is 1.22. The van der Waals surface area contributed by atoms with Gasteiger partial charge in [-0.1, -0.05) is 26.7 Å². The van der Waals surface area contributed by atoms with Gasteiger partial charge in [0.1, 0.15) is 0 Å². The molecule has 1 aliphatic rings.